The lowest BCUT2D eigenvalue weighted by Crippen LogP contribution is -2.13. The summed E-state index contributed by atoms with van der Waals surface area (Å²) in [5, 5.41) is 0. The molecule has 0 saturated carbocycles. The van der Waals surface area contributed by atoms with Crippen LogP contribution in [0.5, 0.6) is 5.75 Å². The highest BCUT2D eigenvalue weighted by atomic mass is 16.5. The molecule has 2 N–H and O–H groups in total. The van der Waals surface area contributed by atoms with E-state index in [1.54, 1.807) is 6.07 Å². The van der Waals surface area contributed by atoms with Gasteiger partial charge < -0.3 is 10.5 Å². The molecule has 1 aromatic carbocycles. The topological polar surface area (TPSA) is 52.3 Å². The largest absolute Gasteiger partial charge is 0.490 e. The first-order valence-corrected chi connectivity index (χ1v) is 4.73. The lowest BCUT2D eigenvalue weighted by atomic mass is 10.0. The van der Waals surface area contributed by atoms with Gasteiger partial charge in [-0.1, -0.05) is 0 Å². The van der Waals surface area contributed by atoms with Gasteiger partial charge in [-0.05, 0) is 30.7 Å². The Labute approximate surface area is 82.9 Å². The maximum absolute atomic E-state index is 11.3. The minimum absolute atomic E-state index is 0.0210. The smallest absolute Gasteiger partial charge is 0.176 e. The number of hydrogen-bond donors (Lipinski definition) is 1. The van der Waals surface area contributed by atoms with Gasteiger partial charge in [0, 0.05) is 12.0 Å². The van der Waals surface area contributed by atoms with E-state index in [9.17, 15) is 4.79 Å². The predicted octanol–water partition coefficient (Wildman–Crippen LogP) is 1.15. The quantitative estimate of drug-likeness (QED) is 0.713. The number of rotatable bonds is 2. The molecular weight excluding hydrogens is 178 g/mol. The average Bonchev–Trinajstić information content (AvgIpc) is 2.55. The van der Waals surface area contributed by atoms with Crippen molar-refractivity contribution in [3.8, 4) is 5.75 Å². The molecule has 1 aromatic rings. The van der Waals surface area contributed by atoms with Crippen LogP contribution >= 0.6 is 0 Å². The van der Waals surface area contributed by atoms with E-state index in [2.05, 4.69) is 0 Å². The summed E-state index contributed by atoms with van der Waals surface area (Å²) in [6.07, 6.45) is 1.09. The molecule has 1 aliphatic rings. The van der Waals surface area contributed by atoms with Crippen LogP contribution < -0.4 is 10.5 Å². The van der Waals surface area contributed by atoms with E-state index >= 15 is 0 Å². The molecule has 3 heteroatoms. The number of nitrogens with two attached hydrogens (primary N) is 1. The van der Waals surface area contributed by atoms with E-state index < -0.39 is 0 Å². The Morgan fingerprint density at radius 2 is 2.43 bits per heavy atom. The first-order valence-electron chi connectivity index (χ1n) is 4.73. The van der Waals surface area contributed by atoms with E-state index in [1.165, 1.54) is 0 Å². The first kappa shape index (κ1) is 9.21. The lowest BCUT2D eigenvalue weighted by molar-refractivity contribution is 0.100. The monoisotopic (exact) mass is 191 g/mol. The van der Waals surface area contributed by atoms with Gasteiger partial charge in [0.15, 0.2) is 5.78 Å². The molecule has 0 amide bonds. The fourth-order valence-electron chi connectivity index (χ4n) is 1.71. The number of ether oxygens (including phenoxy) is 1. The molecule has 0 aliphatic carbocycles. The van der Waals surface area contributed by atoms with Crippen molar-refractivity contribution in [3.63, 3.8) is 0 Å². The molecule has 2 rings (SSSR count). The highest BCUT2D eigenvalue weighted by molar-refractivity contribution is 5.97. The summed E-state index contributed by atoms with van der Waals surface area (Å²) in [4.78, 5) is 11.3. The maximum Gasteiger partial charge on any atom is 0.176 e. The number of hydrogen-bond acceptors (Lipinski definition) is 3. The number of Topliss-reactive ketones (excluding diaryl/α,β-unsaturated/α-hetero) is 1. The van der Waals surface area contributed by atoms with Gasteiger partial charge in [0.25, 0.3) is 0 Å². The molecule has 0 aromatic heterocycles. The van der Waals surface area contributed by atoms with Crippen LogP contribution in [-0.2, 0) is 6.42 Å². The Bertz CT molecular complexity index is 374. The highest BCUT2D eigenvalue weighted by Gasteiger charge is 2.19. The molecular formula is C11H13NO2. The second-order valence-electron chi connectivity index (χ2n) is 3.58. The van der Waals surface area contributed by atoms with Crippen molar-refractivity contribution in [1.82, 2.24) is 0 Å². The Morgan fingerprint density at radius 3 is 3.14 bits per heavy atom. The fourth-order valence-corrected chi connectivity index (χ4v) is 1.71. The highest BCUT2D eigenvalue weighted by Crippen LogP contribution is 2.29. The number of carbonyl (C=O) groups is 1. The minimum Gasteiger partial charge on any atom is -0.490 e. The van der Waals surface area contributed by atoms with Gasteiger partial charge in [-0.3, -0.25) is 4.79 Å². The molecule has 14 heavy (non-hydrogen) atoms. The van der Waals surface area contributed by atoms with Gasteiger partial charge in [-0.25, -0.2) is 0 Å². The van der Waals surface area contributed by atoms with Crippen LogP contribution in [0, 0.1) is 0 Å². The van der Waals surface area contributed by atoms with E-state index in [4.69, 9.17) is 10.5 Å². The van der Waals surface area contributed by atoms with Crippen LogP contribution in [0.2, 0.25) is 0 Å². The van der Waals surface area contributed by atoms with E-state index in [0.717, 1.165) is 17.7 Å². The summed E-state index contributed by atoms with van der Waals surface area (Å²) in [6.45, 7) is 2.08. The van der Waals surface area contributed by atoms with Crippen LogP contribution in [0.4, 0.5) is 0 Å². The van der Waals surface area contributed by atoms with Gasteiger partial charge in [0.2, 0.25) is 0 Å². The van der Waals surface area contributed by atoms with Gasteiger partial charge in [0.05, 0.1) is 6.54 Å². The molecule has 0 fully saturated rings. The third-order valence-electron chi connectivity index (χ3n) is 2.40. The maximum atomic E-state index is 11.3. The molecule has 3 nitrogen and oxygen atoms in total. The van der Waals surface area contributed by atoms with Crippen molar-refractivity contribution in [2.75, 3.05) is 6.54 Å². The van der Waals surface area contributed by atoms with Gasteiger partial charge in [-0.15, -0.1) is 0 Å². The summed E-state index contributed by atoms with van der Waals surface area (Å²) >= 11 is 0. The van der Waals surface area contributed by atoms with Gasteiger partial charge in [-0.2, -0.15) is 0 Å². The summed E-state index contributed by atoms with van der Waals surface area (Å²) < 4.78 is 5.53. The van der Waals surface area contributed by atoms with Crippen LogP contribution in [-0.4, -0.2) is 18.4 Å². The first-order chi connectivity index (χ1) is 6.70. The molecule has 74 valence electrons. The second-order valence-corrected chi connectivity index (χ2v) is 3.58. The number of carbonyl (C=O) groups excluding carboxylic acids is 1. The van der Waals surface area contributed by atoms with Gasteiger partial charge >= 0.3 is 0 Å². The predicted molar refractivity (Wildman–Crippen MR) is 53.6 cm³/mol. The minimum atomic E-state index is -0.0210. The zero-order valence-corrected chi connectivity index (χ0v) is 8.12. The standard InChI is InChI=1S/C11H13NO2/c1-7-4-9-5-8(10(13)6-12)2-3-11(9)14-7/h2-3,5,7H,4,6,12H2,1H3. The average molecular weight is 191 g/mol. The summed E-state index contributed by atoms with van der Waals surface area (Å²) in [7, 11) is 0. The third kappa shape index (κ3) is 1.51. The van der Waals surface area contributed by atoms with Crippen molar-refractivity contribution in [2.45, 2.75) is 19.4 Å². The van der Waals surface area contributed by atoms with Crippen LogP contribution in [0.25, 0.3) is 0 Å². The molecule has 0 saturated heterocycles. The Hall–Kier alpha value is -1.35. The Kier molecular flexibility index (Phi) is 2.25. The molecule has 1 heterocycles. The number of ketones is 1. The fraction of sp³-hybridized carbons (Fsp3) is 0.364. The van der Waals surface area contributed by atoms with Crippen molar-refractivity contribution < 1.29 is 9.53 Å². The molecule has 0 radical (unpaired) electrons. The van der Waals surface area contributed by atoms with Crippen LogP contribution in [0.3, 0.4) is 0 Å². The summed E-state index contributed by atoms with van der Waals surface area (Å²) in [5.41, 5.74) is 7.09. The van der Waals surface area contributed by atoms with Crippen molar-refractivity contribution in [2.24, 2.45) is 5.73 Å². The van der Waals surface area contributed by atoms with Crippen molar-refractivity contribution >= 4 is 5.78 Å². The third-order valence-corrected chi connectivity index (χ3v) is 2.40. The van der Waals surface area contributed by atoms with Crippen molar-refractivity contribution in [3.05, 3.63) is 29.3 Å². The number of fused-ring (bicyclic) bond motifs is 1. The Balaban J connectivity index is 2.33. The van der Waals surface area contributed by atoms with E-state index in [1.807, 2.05) is 19.1 Å². The van der Waals surface area contributed by atoms with E-state index in [-0.39, 0.29) is 18.4 Å². The normalized spacial score (nSPS) is 18.9. The Morgan fingerprint density at radius 1 is 1.64 bits per heavy atom. The zero-order valence-electron chi connectivity index (χ0n) is 8.12. The lowest BCUT2D eigenvalue weighted by Gasteiger charge is -2.02. The molecule has 0 bridgehead atoms. The molecule has 1 aliphatic heterocycles. The summed E-state index contributed by atoms with van der Waals surface area (Å²) in [6, 6.07) is 5.50. The SMILES string of the molecule is CC1Cc2cc(C(=O)CN)ccc2O1. The van der Waals surface area contributed by atoms with Crippen LogP contribution in [0.1, 0.15) is 22.8 Å². The van der Waals surface area contributed by atoms with Crippen LogP contribution in [0.15, 0.2) is 18.2 Å². The molecule has 1 unspecified atom stereocenters. The zero-order chi connectivity index (χ0) is 10.1. The molecule has 1 atom stereocenters. The van der Waals surface area contributed by atoms with Crippen molar-refractivity contribution in [1.29, 1.82) is 0 Å². The number of benzene rings is 1. The second kappa shape index (κ2) is 3.42. The summed E-state index contributed by atoms with van der Waals surface area (Å²) in [5.74, 6) is 0.874. The van der Waals surface area contributed by atoms with E-state index in [0.29, 0.717) is 5.56 Å². The van der Waals surface area contributed by atoms with Gasteiger partial charge in [0.1, 0.15) is 11.9 Å². The molecule has 0 spiro atoms.